The van der Waals surface area contributed by atoms with E-state index in [0.29, 0.717) is 28.1 Å². The van der Waals surface area contributed by atoms with Crippen LogP contribution in [0.3, 0.4) is 0 Å². The SMILES string of the molecule is Nc1nc(I)c2ncn([C@@H]3CO[C@@H]4COC(c5ccccc5)O[C@H]4[C@H]3OCCF)c2n1. The molecule has 0 radical (unpaired) electrons. The number of nitrogens with two attached hydrogens (primary N) is 1. The van der Waals surface area contributed by atoms with Crippen LogP contribution >= 0.6 is 22.6 Å². The first-order valence-electron chi connectivity index (χ1n) is 9.92. The fraction of sp³-hybridized carbons (Fsp3) is 0.450. The molecule has 1 aromatic carbocycles. The van der Waals surface area contributed by atoms with Crippen molar-refractivity contribution >= 4 is 39.7 Å². The van der Waals surface area contributed by atoms with E-state index in [0.717, 1.165) is 5.56 Å². The molecule has 2 aliphatic heterocycles. The van der Waals surface area contributed by atoms with Gasteiger partial charge in [-0.05, 0) is 22.6 Å². The number of anilines is 1. The molecule has 0 amide bonds. The molecule has 9 nitrogen and oxygen atoms in total. The van der Waals surface area contributed by atoms with Crippen molar-refractivity contribution in [3.63, 3.8) is 0 Å². The maximum atomic E-state index is 13.1. The van der Waals surface area contributed by atoms with Crippen molar-refractivity contribution in [3.05, 3.63) is 45.9 Å². The Morgan fingerprint density at radius 3 is 2.84 bits per heavy atom. The highest BCUT2D eigenvalue weighted by Gasteiger charge is 2.47. The second-order valence-corrected chi connectivity index (χ2v) is 8.36. The zero-order chi connectivity index (χ0) is 21.4. The molecule has 164 valence electrons. The second-order valence-electron chi connectivity index (χ2n) is 7.34. The Hall–Kier alpha value is -1.93. The van der Waals surface area contributed by atoms with E-state index >= 15 is 0 Å². The Bertz CT molecular complexity index is 1050. The van der Waals surface area contributed by atoms with Crippen LogP contribution in [0.1, 0.15) is 17.9 Å². The van der Waals surface area contributed by atoms with Crippen molar-refractivity contribution in [2.75, 3.05) is 32.2 Å². The van der Waals surface area contributed by atoms with E-state index in [4.69, 9.17) is 24.7 Å². The Labute approximate surface area is 191 Å². The highest BCUT2D eigenvalue weighted by molar-refractivity contribution is 14.1. The molecule has 4 heterocycles. The highest BCUT2D eigenvalue weighted by atomic mass is 127. The standard InChI is InChI=1S/C20H21FIN5O4/c21-6-7-28-15-12(27-10-24-14-17(22)25-20(23)26-18(14)27)8-29-13-9-30-19(31-16(13)15)11-4-2-1-3-5-11/h1-5,10,12-13,15-16,19H,6-9H2,(H2,23,25,26)/t12-,13-,15+,16-,19?/m1/s1. The van der Waals surface area contributed by atoms with E-state index in [1.54, 1.807) is 6.33 Å². The molecule has 0 aliphatic carbocycles. The number of aromatic nitrogens is 4. The summed E-state index contributed by atoms with van der Waals surface area (Å²) in [5, 5.41) is 0. The minimum atomic E-state index is -0.599. The highest BCUT2D eigenvalue weighted by Crippen LogP contribution is 2.37. The van der Waals surface area contributed by atoms with Gasteiger partial charge in [0.25, 0.3) is 0 Å². The minimum absolute atomic E-state index is 0.0497. The molecule has 3 aromatic rings. The molecule has 5 atom stereocenters. The number of nitrogens with zero attached hydrogens (tertiary/aromatic N) is 4. The molecule has 31 heavy (non-hydrogen) atoms. The topological polar surface area (TPSA) is 107 Å². The average Bonchev–Trinajstić information content (AvgIpc) is 3.21. The zero-order valence-corrected chi connectivity index (χ0v) is 18.6. The van der Waals surface area contributed by atoms with Crippen LogP contribution in [0.4, 0.5) is 10.3 Å². The van der Waals surface area contributed by atoms with Gasteiger partial charge in [0, 0.05) is 5.56 Å². The van der Waals surface area contributed by atoms with E-state index in [9.17, 15) is 4.39 Å². The predicted molar refractivity (Wildman–Crippen MR) is 117 cm³/mol. The fourth-order valence-corrected chi connectivity index (χ4v) is 4.69. The van der Waals surface area contributed by atoms with Crippen LogP contribution in [-0.2, 0) is 18.9 Å². The summed E-state index contributed by atoms with van der Waals surface area (Å²) in [4.78, 5) is 13.0. The lowest BCUT2D eigenvalue weighted by Gasteiger charge is -2.46. The first-order valence-corrected chi connectivity index (χ1v) is 11.0. The number of benzene rings is 1. The quantitative estimate of drug-likeness (QED) is 0.388. The van der Waals surface area contributed by atoms with Crippen LogP contribution < -0.4 is 5.73 Å². The maximum absolute atomic E-state index is 13.1. The number of fused-ring (bicyclic) bond motifs is 2. The largest absolute Gasteiger partial charge is 0.371 e. The van der Waals surface area contributed by atoms with E-state index < -0.39 is 25.2 Å². The zero-order valence-electron chi connectivity index (χ0n) is 16.4. The van der Waals surface area contributed by atoms with E-state index in [1.807, 2.05) is 34.9 Å². The Morgan fingerprint density at radius 1 is 1.19 bits per heavy atom. The lowest BCUT2D eigenvalue weighted by Crippen LogP contribution is -2.57. The van der Waals surface area contributed by atoms with Gasteiger partial charge in [-0.3, -0.25) is 0 Å². The molecule has 2 fully saturated rings. The third-order valence-corrected chi connectivity index (χ3v) is 6.21. The molecule has 0 bridgehead atoms. The van der Waals surface area contributed by atoms with Gasteiger partial charge in [0.05, 0.1) is 32.2 Å². The molecule has 1 unspecified atom stereocenters. The van der Waals surface area contributed by atoms with Crippen LogP contribution in [0.5, 0.6) is 0 Å². The number of alkyl halides is 1. The molecular formula is C20H21FIN5O4. The van der Waals surface area contributed by atoms with Crippen molar-refractivity contribution in [2.45, 2.75) is 30.6 Å². The number of rotatable bonds is 5. The van der Waals surface area contributed by atoms with E-state index in [2.05, 4.69) is 37.5 Å². The lowest BCUT2D eigenvalue weighted by atomic mass is 9.96. The third kappa shape index (κ3) is 4.00. The Morgan fingerprint density at radius 2 is 2.03 bits per heavy atom. The van der Waals surface area contributed by atoms with E-state index in [1.165, 1.54) is 0 Å². The van der Waals surface area contributed by atoms with Gasteiger partial charge in [-0.2, -0.15) is 4.98 Å². The summed E-state index contributed by atoms with van der Waals surface area (Å²) < 4.78 is 39.8. The number of hydrogen-bond acceptors (Lipinski definition) is 8. The molecule has 2 aliphatic rings. The second kappa shape index (κ2) is 8.90. The van der Waals surface area contributed by atoms with Gasteiger partial charge < -0.3 is 29.2 Å². The van der Waals surface area contributed by atoms with Gasteiger partial charge in [-0.1, -0.05) is 30.3 Å². The molecule has 2 aromatic heterocycles. The summed E-state index contributed by atoms with van der Waals surface area (Å²) in [6, 6.07) is 9.32. The number of nitrogen functional groups attached to an aromatic ring is 1. The lowest BCUT2D eigenvalue weighted by molar-refractivity contribution is -0.311. The number of halogens is 2. The van der Waals surface area contributed by atoms with Crippen molar-refractivity contribution in [2.24, 2.45) is 0 Å². The summed E-state index contributed by atoms with van der Waals surface area (Å²) in [6.45, 7) is 0.0145. The molecular weight excluding hydrogens is 520 g/mol. The summed E-state index contributed by atoms with van der Waals surface area (Å²) >= 11 is 2.07. The van der Waals surface area contributed by atoms with Gasteiger partial charge in [-0.25, -0.2) is 14.4 Å². The molecule has 5 rings (SSSR count). The molecule has 11 heteroatoms. The van der Waals surface area contributed by atoms with Crippen molar-refractivity contribution in [1.82, 2.24) is 19.5 Å². The summed E-state index contributed by atoms with van der Waals surface area (Å²) in [7, 11) is 0. The average molecular weight is 541 g/mol. The van der Waals surface area contributed by atoms with Crippen LogP contribution in [0, 0.1) is 3.70 Å². The number of hydrogen-bond donors (Lipinski definition) is 1. The van der Waals surface area contributed by atoms with Crippen LogP contribution in [0.15, 0.2) is 36.7 Å². The van der Waals surface area contributed by atoms with Crippen molar-refractivity contribution < 1.29 is 23.3 Å². The van der Waals surface area contributed by atoms with Crippen LogP contribution in [-0.4, -0.2) is 64.3 Å². The molecule has 2 N–H and O–H groups in total. The Balaban J connectivity index is 1.49. The summed E-state index contributed by atoms with van der Waals surface area (Å²) in [5.74, 6) is 0.154. The van der Waals surface area contributed by atoms with Gasteiger partial charge in [0.15, 0.2) is 11.9 Å². The first-order chi connectivity index (χ1) is 15.2. The predicted octanol–water partition coefficient (Wildman–Crippen LogP) is 2.42. The third-order valence-electron chi connectivity index (χ3n) is 5.46. The smallest absolute Gasteiger partial charge is 0.223 e. The minimum Gasteiger partial charge on any atom is -0.371 e. The first kappa shape index (κ1) is 20.9. The maximum Gasteiger partial charge on any atom is 0.223 e. The van der Waals surface area contributed by atoms with Gasteiger partial charge >= 0.3 is 0 Å². The number of ether oxygens (including phenoxy) is 4. The monoisotopic (exact) mass is 541 g/mol. The van der Waals surface area contributed by atoms with Gasteiger partial charge in [0.1, 0.15) is 34.2 Å². The number of imidazole rings is 1. The Kier molecular flexibility index (Phi) is 6.01. The van der Waals surface area contributed by atoms with Crippen LogP contribution in [0.2, 0.25) is 0 Å². The van der Waals surface area contributed by atoms with Gasteiger partial charge in [0.2, 0.25) is 5.95 Å². The normalized spacial score (nSPS) is 28.5. The molecule has 0 saturated carbocycles. The molecule has 2 saturated heterocycles. The fourth-order valence-electron chi connectivity index (χ4n) is 4.07. The van der Waals surface area contributed by atoms with Crippen molar-refractivity contribution in [1.29, 1.82) is 0 Å². The summed E-state index contributed by atoms with van der Waals surface area (Å²) in [5.41, 5.74) is 7.97. The van der Waals surface area contributed by atoms with Crippen molar-refractivity contribution in [3.8, 4) is 0 Å². The van der Waals surface area contributed by atoms with Gasteiger partial charge in [-0.15, -0.1) is 0 Å². The molecule has 0 spiro atoms. The van der Waals surface area contributed by atoms with E-state index in [-0.39, 0.29) is 24.7 Å². The summed E-state index contributed by atoms with van der Waals surface area (Å²) in [6.07, 6.45) is -0.166. The van der Waals surface area contributed by atoms with Crippen LogP contribution in [0.25, 0.3) is 11.2 Å².